The van der Waals surface area contributed by atoms with Gasteiger partial charge in [0.1, 0.15) is 11.5 Å². The van der Waals surface area contributed by atoms with Crippen LogP contribution in [-0.4, -0.2) is 18.2 Å². The molecule has 5 heteroatoms. The molecule has 0 fully saturated rings. The Morgan fingerprint density at radius 1 is 1.04 bits per heavy atom. The molecule has 0 N–H and O–H groups in total. The topological polar surface area (TPSA) is 61.6 Å². The zero-order valence-electron chi connectivity index (χ0n) is 12.8. The highest BCUT2D eigenvalue weighted by molar-refractivity contribution is 5.90. The predicted molar refractivity (Wildman–Crippen MR) is 84.6 cm³/mol. The summed E-state index contributed by atoms with van der Waals surface area (Å²) >= 11 is 0. The van der Waals surface area contributed by atoms with Gasteiger partial charge in [0, 0.05) is 11.6 Å². The summed E-state index contributed by atoms with van der Waals surface area (Å²) in [7, 11) is 1.60. The summed E-state index contributed by atoms with van der Waals surface area (Å²) in [5.74, 6) is 1.15. The number of benzene rings is 2. The molecule has 23 heavy (non-hydrogen) atoms. The van der Waals surface area contributed by atoms with Gasteiger partial charge in [0.15, 0.2) is 11.5 Å². The summed E-state index contributed by atoms with van der Waals surface area (Å²) in [4.78, 5) is 12.1. The minimum Gasteiger partial charge on any atom is -0.497 e. The van der Waals surface area contributed by atoms with Gasteiger partial charge < -0.3 is 14.0 Å². The van der Waals surface area contributed by atoms with Crippen molar-refractivity contribution in [1.82, 2.24) is 5.16 Å². The van der Waals surface area contributed by atoms with Crippen LogP contribution in [0.3, 0.4) is 0 Å². The molecule has 116 valence electrons. The van der Waals surface area contributed by atoms with Gasteiger partial charge in [-0.15, -0.1) is 0 Å². The molecule has 3 rings (SSSR count). The first-order valence-corrected chi connectivity index (χ1v) is 7.06. The molecule has 0 aliphatic rings. The molecule has 0 atom stereocenters. The van der Waals surface area contributed by atoms with E-state index in [0.717, 1.165) is 16.9 Å². The van der Waals surface area contributed by atoms with Crippen LogP contribution in [0.2, 0.25) is 0 Å². The molecule has 3 aromatic rings. The van der Waals surface area contributed by atoms with Crippen LogP contribution >= 0.6 is 0 Å². The summed E-state index contributed by atoms with van der Waals surface area (Å²) < 4.78 is 15.6. The van der Waals surface area contributed by atoms with Crippen molar-refractivity contribution in [3.63, 3.8) is 0 Å². The van der Waals surface area contributed by atoms with E-state index in [1.807, 2.05) is 43.3 Å². The van der Waals surface area contributed by atoms with E-state index in [-0.39, 0.29) is 5.69 Å². The van der Waals surface area contributed by atoms with Gasteiger partial charge in [-0.25, -0.2) is 4.79 Å². The van der Waals surface area contributed by atoms with E-state index in [2.05, 4.69) is 5.16 Å². The van der Waals surface area contributed by atoms with Crippen LogP contribution in [0.4, 0.5) is 0 Å². The van der Waals surface area contributed by atoms with Crippen molar-refractivity contribution in [3.8, 4) is 22.8 Å². The van der Waals surface area contributed by atoms with Crippen molar-refractivity contribution in [2.24, 2.45) is 0 Å². The van der Waals surface area contributed by atoms with Crippen molar-refractivity contribution in [2.45, 2.75) is 6.92 Å². The molecule has 0 aliphatic heterocycles. The first-order valence-electron chi connectivity index (χ1n) is 7.06. The Bertz CT molecular complexity index is 821. The van der Waals surface area contributed by atoms with Gasteiger partial charge in [0.2, 0.25) is 0 Å². The van der Waals surface area contributed by atoms with Gasteiger partial charge in [0.05, 0.1) is 7.11 Å². The smallest absolute Gasteiger partial charge is 0.365 e. The minimum atomic E-state index is -0.556. The maximum absolute atomic E-state index is 12.1. The maximum Gasteiger partial charge on any atom is 0.365 e. The van der Waals surface area contributed by atoms with Gasteiger partial charge in [0.25, 0.3) is 0 Å². The summed E-state index contributed by atoms with van der Waals surface area (Å²) in [6.45, 7) is 1.93. The molecule has 0 saturated carbocycles. The molecule has 5 nitrogen and oxygen atoms in total. The number of ether oxygens (including phenoxy) is 2. The van der Waals surface area contributed by atoms with Crippen molar-refractivity contribution >= 4 is 5.97 Å². The van der Waals surface area contributed by atoms with Gasteiger partial charge in [-0.2, -0.15) is 0 Å². The number of aromatic nitrogens is 1. The lowest BCUT2D eigenvalue weighted by Gasteiger charge is -2.02. The first-order chi connectivity index (χ1) is 11.2. The van der Waals surface area contributed by atoms with Crippen LogP contribution in [0.5, 0.6) is 11.5 Å². The number of rotatable bonds is 4. The number of aryl methyl sites for hydroxylation is 1. The average Bonchev–Trinajstić information content (AvgIpc) is 3.05. The fraction of sp³-hybridized carbons (Fsp3) is 0.111. The van der Waals surface area contributed by atoms with Crippen molar-refractivity contribution in [3.05, 3.63) is 65.9 Å². The van der Waals surface area contributed by atoms with Crippen LogP contribution < -0.4 is 9.47 Å². The molecule has 0 saturated heterocycles. The lowest BCUT2D eigenvalue weighted by atomic mass is 10.1. The summed E-state index contributed by atoms with van der Waals surface area (Å²) in [5.41, 5.74) is 1.93. The van der Waals surface area contributed by atoms with Crippen molar-refractivity contribution < 1.29 is 18.8 Å². The Morgan fingerprint density at radius 3 is 2.52 bits per heavy atom. The zero-order valence-corrected chi connectivity index (χ0v) is 12.8. The van der Waals surface area contributed by atoms with Gasteiger partial charge in [-0.05, 0) is 48.9 Å². The highest BCUT2D eigenvalue weighted by atomic mass is 16.5. The third-order valence-corrected chi connectivity index (χ3v) is 3.29. The maximum atomic E-state index is 12.1. The molecule has 0 aliphatic carbocycles. The molecule has 1 heterocycles. The second-order valence-corrected chi connectivity index (χ2v) is 5.01. The molecular formula is C18H15NO4. The third kappa shape index (κ3) is 3.40. The summed E-state index contributed by atoms with van der Waals surface area (Å²) in [6.07, 6.45) is 0. The lowest BCUT2D eigenvalue weighted by molar-refractivity contribution is 0.0724. The molecule has 0 bridgehead atoms. The third-order valence-electron chi connectivity index (χ3n) is 3.29. The standard InChI is InChI=1S/C18H15NO4/c1-12-4-3-5-15(10-12)22-18(20)16-11-17(23-19-16)13-6-8-14(21-2)9-7-13/h3-11H,1-2H3. The molecule has 0 amide bonds. The van der Waals surface area contributed by atoms with Crippen molar-refractivity contribution in [2.75, 3.05) is 7.11 Å². The second kappa shape index (κ2) is 6.36. The number of carbonyl (C=O) groups excluding carboxylic acids is 1. The van der Waals surface area contributed by atoms with E-state index in [1.165, 1.54) is 0 Å². The highest BCUT2D eigenvalue weighted by Gasteiger charge is 2.16. The van der Waals surface area contributed by atoms with E-state index in [4.69, 9.17) is 14.0 Å². The summed E-state index contributed by atoms with van der Waals surface area (Å²) in [6, 6.07) is 16.1. The number of esters is 1. The number of hydrogen-bond donors (Lipinski definition) is 0. The number of nitrogens with zero attached hydrogens (tertiary/aromatic N) is 1. The van der Waals surface area contributed by atoms with Crippen LogP contribution in [0.25, 0.3) is 11.3 Å². The predicted octanol–water partition coefficient (Wildman–Crippen LogP) is 3.88. The molecule has 0 radical (unpaired) electrons. The molecule has 0 unspecified atom stereocenters. The largest absolute Gasteiger partial charge is 0.497 e. The van der Waals surface area contributed by atoms with E-state index >= 15 is 0 Å². The Labute approximate surface area is 133 Å². The normalized spacial score (nSPS) is 10.3. The fourth-order valence-electron chi connectivity index (χ4n) is 2.10. The zero-order chi connectivity index (χ0) is 16.2. The van der Waals surface area contributed by atoms with E-state index < -0.39 is 5.97 Å². The first kappa shape index (κ1) is 14.8. The quantitative estimate of drug-likeness (QED) is 0.540. The molecule has 0 spiro atoms. The Hall–Kier alpha value is -3.08. The SMILES string of the molecule is COc1ccc(-c2cc(C(=O)Oc3cccc(C)c3)no2)cc1. The number of hydrogen-bond acceptors (Lipinski definition) is 5. The number of carbonyl (C=O) groups is 1. The van der Waals surface area contributed by atoms with Gasteiger partial charge in [-0.1, -0.05) is 17.3 Å². The Morgan fingerprint density at radius 2 is 1.83 bits per heavy atom. The minimum absolute atomic E-state index is 0.123. The monoisotopic (exact) mass is 309 g/mol. The number of methoxy groups -OCH3 is 1. The van der Waals surface area contributed by atoms with Crippen LogP contribution in [0, 0.1) is 6.92 Å². The Balaban J connectivity index is 1.76. The molecular weight excluding hydrogens is 294 g/mol. The molecule has 1 aromatic heterocycles. The second-order valence-electron chi connectivity index (χ2n) is 5.01. The van der Waals surface area contributed by atoms with Gasteiger partial charge >= 0.3 is 5.97 Å². The van der Waals surface area contributed by atoms with Crippen LogP contribution in [-0.2, 0) is 0 Å². The Kier molecular flexibility index (Phi) is 4.10. The fourth-order valence-corrected chi connectivity index (χ4v) is 2.10. The van der Waals surface area contributed by atoms with Gasteiger partial charge in [-0.3, -0.25) is 0 Å². The van der Waals surface area contributed by atoms with E-state index in [0.29, 0.717) is 11.5 Å². The molecule has 2 aromatic carbocycles. The van der Waals surface area contributed by atoms with E-state index in [1.54, 1.807) is 25.3 Å². The average molecular weight is 309 g/mol. The van der Waals surface area contributed by atoms with E-state index in [9.17, 15) is 4.79 Å². The van der Waals surface area contributed by atoms with Crippen molar-refractivity contribution in [1.29, 1.82) is 0 Å². The van der Waals surface area contributed by atoms with Crippen LogP contribution in [0.1, 0.15) is 16.1 Å². The van der Waals surface area contributed by atoms with Crippen LogP contribution in [0.15, 0.2) is 59.1 Å². The lowest BCUT2D eigenvalue weighted by Crippen LogP contribution is -2.08. The highest BCUT2D eigenvalue weighted by Crippen LogP contribution is 2.23. The summed E-state index contributed by atoms with van der Waals surface area (Å²) in [5, 5.41) is 3.77.